The molecule has 0 aromatic heterocycles. The summed E-state index contributed by atoms with van der Waals surface area (Å²) >= 11 is 0. The lowest BCUT2D eigenvalue weighted by Gasteiger charge is -2.41. The lowest BCUT2D eigenvalue weighted by Crippen LogP contribution is -2.54. The molecule has 0 aromatic rings. The van der Waals surface area contributed by atoms with Gasteiger partial charge in [0.1, 0.15) is 0 Å². The fourth-order valence-electron chi connectivity index (χ4n) is 3.87. The van der Waals surface area contributed by atoms with Crippen LogP contribution in [0.25, 0.3) is 0 Å². The minimum absolute atomic E-state index is 0.262. The van der Waals surface area contributed by atoms with Crippen molar-refractivity contribution in [2.75, 3.05) is 0 Å². The van der Waals surface area contributed by atoms with Crippen molar-refractivity contribution in [2.24, 2.45) is 11.8 Å². The van der Waals surface area contributed by atoms with E-state index in [-0.39, 0.29) is 5.54 Å². The topological polar surface area (TPSA) is 29.1 Å². The van der Waals surface area contributed by atoms with Crippen LogP contribution >= 0.6 is 0 Å². The van der Waals surface area contributed by atoms with E-state index in [4.69, 9.17) is 0 Å². The molecule has 2 nitrogen and oxygen atoms in total. The molecule has 3 rings (SSSR count). The zero-order chi connectivity index (χ0) is 8.89. The summed E-state index contributed by atoms with van der Waals surface area (Å²) in [6.45, 7) is 0. The normalized spacial score (nSPS) is 48.5. The van der Waals surface area contributed by atoms with Crippen LogP contribution in [-0.4, -0.2) is 11.4 Å². The van der Waals surface area contributed by atoms with Gasteiger partial charge in [0.05, 0.1) is 0 Å². The van der Waals surface area contributed by atoms with Crippen molar-refractivity contribution in [3.8, 4) is 0 Å². The summed E-state index contributed by atoms with van der Waals surface area (Å²) in [6, 6.07) is 0. The predicted molar refractivity (Wildman–Crippen MR) is 50.2 cm³/mol. The van der Waals surface area contributed by atoms with Crippen LogP contribution in [0.1, 0.15) is 44.9 Å². The minimum Gasteiger partial charge on any atom is -0.350 e. The number of piperidine rings is 1. The second-order valence-electron chi connectivity index (χ2n) is 5.14. The summed E-state index contributed by atoms with van der Waals surface area (Å²) in [5.41, 5.74) is 0.262. The van der Waals surface area contributed by atoms with Gasteiger partial charge in [0.15, 0.2) is 0 Å². The van der Waals surface area contributed by atoms with E-state index < -0.39 is 0 Å². The second kappa shape index (κ2) is 2.49. The molecular formula is C11H17NO. The Morgan fingerprint density at radius 3 is 2.92 bits per heavy atom. The second-order valence-corrected chi connectivity index (χ2v) is 5.14. The van der Waals surface area contributed by atoms with Gasteiger partial charge in [-0.2, -0.15) is 0 Å². The first-order chi connectivity index (χ1) is 6.28. The zero-order valence-electron chi connectivity index (χ0n) is 8.01. The Balaban J connectivity index is 1.84. The van der Waals surface area contributed by atoms with E-state index in [1.165, 1.54) is 32.1 Å². The van der Waals surface area contributed by atoms with Crippen molar-refractivity contribution in [3.05, 3.63) is 0 Å². The number of amides is 1. The molecule has 3 unspecified atom stereocenters. The van der Waals surface area contributed by atoms with Gasteiger partial charge in [-0.1, -0.05) is 0 Å². The van der Waals surface area contributed by atoms with E-state index in [1.807, 2.05) is 0 Å². The van der Waals surface area contributed by atoms with Gasteiger partial charge >= 0.3 is 0 Å². The van der Waals surface area contributed by atoms with Gasteiger partial charge in [0.2, 0.25) is 5.91 Å². The maximum Gasteiger partial charge on any atom is 0.220 e. The van der Waals surface area contributed by atoms with Gasteiger partial charge in [-0.05, 0) is 50.4 Å². The van der Waals surface area contributed by atoms with E-state index in [9.17, 15) is 4.79 Å². The monoisotopic (exact) mass is 179 g/mol. The third-order valence-corrected chi connectivity index (χ3v) is 4.39. The van der Waals surface area contributed by atoms with E-state index in [0.29, 0.717) is 5.91 Å². The van der Waals surface area contributed by atoms with Crippen LogP contribution < -0.4 is 5.32 Å². The van der Waals surface area contributed by atoms with Crippen molar-refractivity contribution >= 4 is 5.91 Å². The fraction of sp³-hybridized carbons (Fsp3) is 0.909. The van der Waals surface area contributed by atoms with Gasteiger partial charge in [-0.15, -0.1) is 0 Å². The molecule has 1 aliphatic heterocycles. The summed E-state index contributed by atoms with van der Waals surface area (Å²) in [5.74, 6) is 2.06. The summed E-state index contributed by atoms with van der Waals surface area (Å²) in [6.07, 6.45) is 8.59. The molecular weight excluding hydrogens is 162 g/mol. The lowest BCUT2D eigenvalue weighted by atomic mass is 9.75. The van der Waals surface area contributed by atoms with Crippen LogP contribution in [0.5, 0.6) is 0 Å². The average Bonchev–Trinajstić information content (AvgIpc) is 2.63. The molecule has 0 radical (unpaired) electrons. The highest BCUT2D eigenvalue weighted by Crippen LogP contribution is 2.53. The minimum atomic E-state index is 0.262. The van der Waals surface area contributed by atoms with Gasteiger partial charge in [-0.25, -0.2) is 0 Å². The first-order valence-electron chi connectivity index (χ1n) is 5.59. The van der Waals surface area contributed by atoms with Crippen molar-refractivity contribution in [1.29, 1.82) is 0 Å². The molecule has 0 aromatic carbocycles. The molecule has 1 spiro atoms. The Kier molecular flexibility index (Phi) is 1.50. The van der Waals surface area contributed by atoms with Crippen molar-refractivity contribution in [1.82, 2.24) is 5.32 Å². The Bertz CT molecular complexity index is 250. The molecule has 1 heterocycles. The lowest BCUT2D eigenvalue weighted by molar-refractivity contribution is -0.126. The standard InChI is InChI=1S/C11H17NO/c13-10-2-1-5-11(12-10)7-8-3-4-9(11)6-8/h8-9H,1-7H2,(H,12,13). The van der Waals surface area contributed by atoms with Crippen LogP contribution in [0.2, 0.25) is 0 Å². The summed E-state index contributed by atoms with van der Waals surface area (Å²) < 4.78 is 0. The van der Waals surface area contributed by atoms with E-state index in [1.54, 1.807) is 0 Å². The molecule has 3 aliphatic rings. The largest absolute Gasteiger partial charge is 0.350 e. The molecule has 2 aliphatic carbocycles. The highest BCUT2D eigenvalue weighted by atomic mass is 16.1. The van der Waals surface area contributed by atoms with Crippen LogP contribution in [0, 0.1) is 11.8 Å². The number of hydrogen-bond acceptors (Lipinski definition) is 1. The first kappa shape index (κ1) is 7.84. The van der Waals surface area contributed by atoms with Gasteiger partial charge in [-0.3, -0.25) is 4.79 Å². The number of nitrogens with one attached hydrogen (secondary N) is 1. The zero-order valence-corrected chi connectivity index (χ0v) is 8.01. The predicted octanol–water partition coefficient (Wildman–Crippen LogP) is 1.85. The quantitative estimate of drug-likeness (QED) is 0.604. The number of hydrogen-bond donors (Lipinski definition) is 1. The van der Waals surface area contributed by atoms with Crippen molar-refractivity contribution < 1.29 is 4.79 Å². The van der Waals surface area contributed by atoms with Crippen LogP contribution in [0.4, 0.5) is 0 Å². The molecule has 2 heteroatoms. The van der Waals surface area contributed by atoms with Crippen LogP contribution in [0.3, 0.4) is 0 Å². The van der Waals surface area contributed by atoms with E-state index in [0.717, 1.165) is 24.7 Å². The van der Waals surface area contributed by atoms with Crippen molar-refractivity contribution in [2.45, 2.75) is 50.5 Å². The number of carbonyl (C=O) groups excluding carboxylic acids is 1. The Morgan fingerprint density at radius 1 is 1.38 bits per heavy atom. The highest BCUT2D eigenvalue weighted by molar-refractivity contribution is 5.77. The molecule has 3 fully saturated rings. The van der Waals surface area contributed by atoms with Crippen molar-refractivity contribution in [3.63, 3.8) is 0 Å². The molecule has 3 atom stereocenters. The van der Waals surface area contributed by atoms with Crippen LogP contribution in [-0.2, 0) is 4.79 Å². The summed E-state index contributed by atoms with van der Waals surface area (Å²) in [5, 5.41) is 3.28. The maximum atomic E-state index is 11.4. The van der Waals surface area contributed by atoms with E-state index >= 15 is 0 Å². The van der Waals surface area contributed by atoms with E-state index in [2.05, 4.69) is 5.32 Å². The van der Waals surface area contributed by atoms with Crippen LogP contribution in [0.15, 0.2) is 0 Å². The van der Waals surface area contributed by atoms with Gasteiger partial charge in [0, 0.05) is 12.0 Å². The Labute approximate surface area is 79.1 Å². The maximum absolute atomic E-state index is 11.4. The third-order valence-electron chi connectivity index (χ3n) is 4.39. The summed E-state index contributed by atoms with van der Waals surface area (Å²) in [7, 11) is 0. The molecule has 1 saturated heterocycles. The molecule has 1 N–H and O–H groups in total. The Morgan fingerprint density at radius 2 is 2.31 bits per heavy atom. The number of carbonyl (C=O) groups is 1. The summed E-state index contributed by atoms with van der Waals surface area (Å²) in [4.78, 5) is 11.4. The first-order valence-corrected chi connectivity index (χ1v) is 5.59. The molecule has 13 heavy (non-hydrogen) atoms. The number of rotatable bonds is 0. The molecule has 2 bridgehead atoms. The highest BCUT2D eigenvalue weighted by Gasteiger charge is 2.52. The van der Waals surface area contributed by atoms with Gasteiger partial charge < -0.3 is 5.32 Å². The third kappa shape index (κ3) is 1.04. The molecule has 2 saturated carbocycles. The fourth-order valence-corrected chi connectivity index (χ4v) is 3.87. The molecule has 72 valence electrons. The smallest absolute Gasteiger partial charge is 0.220 e. The molecule has 1 amide bonds. The SMILES string of the molecule is O=C1CCCC2(CC3CCC2C3)N1. The number of fused-ring (bicyclic) bond motifs is 3. The Hall–Kier alpha value is -0.530. The average molecular weight is 179 g/mol. The van der Waals surface area contributed by atoms with Gasteiger partial charge in [0.25, 0.3) is 0 Å².